The molecule has 5 atom stereocenters. The molecule has 0 radical (unpaired) electrons. The van der Waals surface area contributed by atoms with Gasteiger partial charge in [0.05, 0.1) is 18.6 Å². The highest BCUT2D eigenvalue weighted by Crippen LogP contribution is 2.37. The number of aliphatic hydroxyl groups excluding tert-OH is 2. The summed E-state index contributed by atoms with van der Waals surface area (Å²) >= 11 is 0. The monoisotopic (exact) mass is 516 g/mol. The molecule has 15 heteroatoms. The first-order valence-electron chi connectivity index (χ1n) is 11.0. The molecule has 36 heavy (non-hydrogen) atoms. The van der Waals surface area contributed by atoms with E-state index >= 15 is 0 Å². The number of carbonyl (C=O) groups excluding carboxylic acids is 3. The van der Waals surface area contributed by atoms with Crippen LogP contribution in [0.5, 0.6) is 0 Å². The fourth-order valence-corrected chi connectivity index (χ4v) is 3.03. The number of hydrogen-bond acceptors (Lipinski definition) is 12. The van der Waals surface area contributed by atoms with Crippen molar-refractivity contribution in [3.8, 4) is 0 Å². The second-order valence-electron chi connectivity index (χ2n) is 9.20. The number of hydrogen-bond donors (Lipinski definition) is 5. The molecule has 0 aromatic carbocycles. The summed E-state index contributed by atoms with van der Waals surface area (Å²) < 4.78 is 21.0. The van der Waals surface area contributed by atoms with Crippen molar-refractivity contribution in [1.82, 2.24) is 14.9 Å². The van der Waals surface area contributed by atoms with Gasteiger partial charge in [0.15, 0.2) is 6.23 Å². The predicted molar refractivity (Wildman–Crippen MR) is 121 cm³/mol. The zero-order valence-corrected chi connectivity index (χ0v) is 20.6. The van der Waals surface area contributed by atoms with Gasteiger partial charge >= 0.3 is 23.8 Å². The van der Waals surface area contributed by atoms with Gasteiger partial charge < -0.3 is 39.6 Å². The van der Waals surface area contributed by atoms with E-state index in [1.54, 1.807) is 20.8 Å². The molecule has 15 nitrogen and oxygen atoms in total. The van der Waals surface area contributed by atoms with Gasteiger partial charge in [0.25, 0.3) is 0 Å². The molecule has 202 valence electrons. The molecule has 1 unspecified atom stereocenters. The number of carbonyl (C=O) groups is 3. The Labute approximate surface area is 206 Å². The van der Waals surface area contributed by atoms with Gasteiger partial charge in [0.1, 0.15) is 30.2 Å². The third-order valence-electron chi connectivity index (χ3n) is 5.01. The van der Waals surface area contributed by atoms with Gasteiger partial charge in [-0.05, 0) is 33.8 Å². The Morgan fingerprint density at radius 1 is 1.28 bits per heavy atom. The summed E-state index contributed by atoms with van der Waals surface area (Å²) in [4.78, 5) is 51.4. The number of alkyl carbamates (subject to hydrolysis) is 1. The minimum atomic E-state index is -1.88. The highest BCUT2D eigenvalue weighted by molar-refractivity contribution is 5.83. The topological polar surface area (TPSA) is 208 Å². The zero-order valence-electron chi connectivity index (χ0n) is 20.6. The van der Waals surface area contributed by atoms with Gasteiger partial charge in [-0.15, -0.1) is 0 Å². The van der Waals surface area contributed by atoms with E-state index in [-0.39, 0.29) is 19.0 Å². The Hall–Kier alpha value is -3.27. The largest absolute Gasteiger partial charge is 0.447 e. The van der Waals surface area contributed by atoms with Crippen LogP contribution in [0.3, 0.4) is 0 Å². The van der Waals surface area contributed by atoms with Gasteiger partial charge in [-0.3, -0.25) is 14.7 Å². The molecule has 0 aliphatic carbocycles. The molecule has 0 bridgehead atoms. The van der Waals surface area contributed by atoms with Crippen LogP contribution in [-0.2, 0) is 23.7 Å². The van der Waals surface area contributed by atoms with E-state index in [2.05, 4.69) is 15.6 Å². The van der Waals surface area contributed by atoms with E-state index in [1.165, 1.54) is 26.1 Å². The molecular weight excluding hydrogens is 484 g/mol. The fraction of sp³-hybridized carbons (Fsp3) is 0.667. The maximum Gasteiger partial charge on any atom is 0.412 e. The normalized spacial score (nSPS) is 24.5. The number of nitrogens with zero attached hydrogens (tertiary/aromatic N) is 2. The van der Waals surface area contributed by atoms with Gasteiger partial charge in [-0.1, -0.05) is 0 Å². The van der Waals surface area contributed by atoms with E-state index < -0.39 is 66.2 Å². The first-order valence-corrected chi connectivity index (χ1v) is 11.0. The van der Waals surface area contributed by atoms with Crippen LogP contribution in [0.25, 0.3) is 0 Å². The first kappa shape index (κ1) is 29.0. The predicted octanol–water partition coefficient (Wildman–Crippen LogP) is -0.545. The quantitative estimate of drug-likeness (QED) is 0.168. The minimum Gasteiger partial charge on any atom is -0.447 e. The molecule has 1 aliphatic rings. The summed E-state index contributed by atoms with van der Waals surface area (Å²) in [5.74, 6) is -0.711. The second-order valence-corrected chi connectivity index (χ2v) is 9.20. The van der Waals surface area contributed by atoms with Gasteiger partial charge in [0, 0.05) is 13.1 Å². The summed E-state index contributed by atoms with van der Waals surface area (Å²) in [7, 11) is 0. The average Bonchev–Trinajstić information content (AvgIpc) is 2.99. The molecule has 5 N–H and O–H groups in total. The molecule has 1 saturated heterocycles. The Balaban J connectivity index is 1.79. The van der Waals surface area contributed by atoms with Crippen LogP contribution in [0.1, 0.15) is 40.8 Å². The number of amides is 2. The number of esters is 1. The Morgan fingerprint density at radius 2 is 1.94 bits per heavy atom. The molecule has 1 aromatic rings. The minimum absolute atomic E-state index is 0.121. The molecule has 1 fully saturated rings. The van der Waals surface area contributed by atoms with Crippen molar-refractivity contribution in [3.05, 3.63) is 22.7 Å². The van der Waals surface area contributed by atoms with Crippen molar-refractivity contribution >= 4 is 24.0 Å². The van der Waals surface area contributed by atoms with E-state index in [9.17, 15) is 34.5 Å². The molecular formula is C21H32N4O11. The molecule has 2 amide bonds. The number of anilines is 1. The van der Waals surface area contributed by atoms with Crippen molar-refractivity contribution in [1.29, 1.82) is 0 Å². The van der Waals surface area contributed by atoms with E-state index in [0.717, 1.165) is 4.57 Å². The van der Waals surface area contributed by atoms with Gasteiger partial charge in [-0.25, -0.2) is 14.4 Å². The SMILES string of the molecule is CC(OC(=O)NCCOC(=O)Nc1ccn([C@@H]2O[C@H](CO)[C@@H](O)[C@@]2(C)O)c(=O)n1)OC(=O)C(C)(C)C. The number of rotatable bonds is 8. The zero-order chi connectivity index (χ0) is 27.3. The number of ether oxygens (including phenoxy) is 4. The highest BCUT2D eigenvalue weighted by Gasteiger charge is 2.53. The Bertz CT molecular complexity index is 1000. The third kappa shape index (κ3) is 7.36. The summed E-state index contributed by atoms with van der Waals surface area (Å²) in [5, 5.41) is 34.3. The van der Waals surface area contributed by atoms with Crippen LogP contribution < -0.4 is 16.3 Å². The maximum atomic E-state index is 12.4. The molecule has 0 spiro atoms. The van der Waals surface area contributed by atoms with Gasteiger partial charge in [-0.2, -0.15) is 4.98 Å². The summed E-state index contributed by atoms with van der Waals surface area (Å²) in [6, 6.07) is 1.23. The second kappa shape index (κ2) is 11.6. The van der Waals surface area contributed by atoms with Crippen LogP contribution in [0.15, 0.2) is 17.1 Å². The van der Waals surface area contributed by atoms with Gasteiger partial charge in [0.2, 0.25) is 6.29 Å². The Kier molecular flexibility index (Phi) is 9.37. The number of aromatic nitrogens is 2. The Morgan fingerprint density at radius 3 is 2.50 bits per heavy atom. The van der Waals surface area contributed by atoms with Crippen molar-refractivity contribution in [2.45, 2.75) is 64.9 Å². The smallest absolute Gasteiger partial charge is 0.412 e. The lowest BCUT2D eigenvalue weighted by Gasteiger charge is -2.27. The van der Waals surface area contributed by atoms with E-state index in [4.69, 9.17) is 18.9 Å². The van der Waals surface area contributed by atoms with Crippen molar-refractivity contribution in [2.24, 2.45) is 5.41 Å². The van der Waals surface area contributed by atoms with E-state index in [0.29, 0.717) is 0 Å². The average molecular weight is 517 g/mol. The lowest BCUT2D eigenvalue weighted by Crippen LogP contribution is -2.46. The molecule has 2 rings (SSSR count). The number of aliphatic hydroxyl groups is 3. The summed E-state index contributed by atoms with van der Waals surface area (Å²) in [6.07, 6.45) is -5.67. The molecule has 2 heterocycles. The lowest BCUT2D eigenvalue weighted by atomic mass is 9.96. The maximum absolute atomic E-state index is 12.4. The van der Waals surface area contributed by atoms with Crippen LogP contribution in [0.4, 0.5) is 15.4 Å². The van der Waals surface area contributed by atoms with E-state index in [1.807, 2.05) is 0 Å². The van der Waals surface area contributed by atoms with Crippen LogP contribution in [-0.4, -0.2) is 86.9 Å². The molecule has 1 aliphatic heterocycles. The molecule has 0 saturated carbocycles. The standard InChI is InChI=1S/C21H32N4O11/c1-11(34-16(28)20(2,3)4)35-18(30)22-7-9-33-19(31)24-13-6-8-25(17(29)23-13)15-21(5,32)14(27)12(10-26)36-15/h6,8,11-12,14-15,26-27,32H,7,9-10H2,1-5H3,(H,22,30)(H,23,24,29,31)/t11?,12-,14-,15-,21-/m1/s1. The first-order chi connectivity index (χ1) is 16.7. The van der Waals surface area contributed by atoms with Crippen molar-refractivity contribution in [2.75, 3.05) is 25.1 Å². The lowest BCUT2D eigenvalue weighted by molar-refractivity contribution is -0.174. The summed E-state index contributed by atoms with van der Waals surface area (Å²) in [6.45, 7) is 6.63. The van der Waals surface area contributed by atoms with Crippen LogP contribution in [0.2, 0.25) is 0 Å². The van der Waals surface area contributed by atoms with Crippen LogP contribution >= 0.6 is 0 Å². The third-order valence-corrected chi connectivity index (χ3v) is 5.01. The molecule has 1 aromatic heterocycles. The highest BCUT2D eigenvalue weighted by atomic mass is 16.7. The fourth-order valence-electron chi connectivity index (χ4n) is 3.03. The van der Waals surface area contributed by atoms with Crippen LogP contribution in [0, 0.1) is 5.41 Å². The number of nitrogens with one attached hydrogen (secondary N) is 2. The summed E-state index contributed by atoms with van der Waals surface area (Å²) in [5.41, 5.74) is -3.55. The van der Waals surface area contributed by atoms with Crippen molar-refractivity contribution in [3.63, 3.8) is 0 Å². The van der Waals surface area contributed by atoms with Crippen molar-refractivity contribution < 1.29 is 48.7 Å².